The van der Waals surface area contributed by atoms with Gasteiger partial charge < -0.3 is 19.5 Å². The minimum absolute atomic E-state index is 0.302. The van der Waals surface area contributed by atoms with Gasteiger partial charge in [0.15, 0.2) is 5.11 Å². The van der Waals surface area contributed by atoms with Gasteiger partial charge in [-0.2, -0.15) is 4.98 Å². The Morgan fingerprint density at radius 2 is 2.06 bits per heavy atom. The van der Waals surface area contributed by atoms with E-state index in [9.17, 15) is 4.39 Å². The molecule has 1 unspecified atom stereocenters. The highest BCUT2D eigenvalue weighted by atomic mass is 35.5. The molecule has 0 aliphatic carbocycles. The van der Waals surface area contributed by atoms with Crippen LogP contribution in [0.5, 0.6) is 0 Å². The normalized spacial score (nSPS) is 16.6. The van der Waals surface area contributed by atoms with Crippen molar-refractivity contribution in [1.29, 1.82) is 0 Å². The first-order valence-corrected chi connectivity index (χ1v) is 10.4. The fraction of sp³-hybridized carbons (Fsp3) is 0.227. The van der Waals surface area contributed by atoms with Crippen LogP contribution in [-0.2, 0) is 4.74 Å². The average molecular weight is 459 g/mol. The number of halogens is 2. The minimum Gasteiger partial charge on any atom is -0.383 e. The zero-order valence-corrected chi connectivity index (χ0v) is 18.5. The van der Waals surface area contributed by atoms with Gasteiger partial charge in [-0.3, -0.25) is 0 Å². The maximum atomic E-state index is 13.7. The van der Waals surface area contributed by atoms with Crippen LogP contribution in [0.3, 0.4) is 0 Å². The third-order valence-corrected chi connectivity index (χ3v) is 5.61. The molecule has 2 aromatic carbocycles. The smallest absolute Gasteiger partial charge is 0.258 e. The van der Waals surface area contributed by atoms with E-state index < -0.39 is 0 Å². The van der Waals surface area contributed by atoms with E-state index in [-0.39, 0.29) is 11.9 Å². The van der Waals surface area contributed by atoms with Gasteiger partial charge in [0.2, 0.25) is 5.82 Å². The van der Waals surface area contributed by atoms with Crippen LogP contribution in [0.2, 0.25) is 5.02 Å². The Balaban J connectivity index is 1.81. The van der Waals surface area contributed by atoms with Gasteiger partial charge in [0, 0.05) is 29.9 Å². The summed E-state index contributed by atoms with van der Waals surface area (Å²) in [5.74, 6) is 0.252. The quantitative estimate of drug-likeness (QED) is 0.530. The third-order valence-electron chi connectivity index (χ3n) is 5.04. The standard InChI is InChI=1S/C22H20ClFN4O2S/c1-13-18(21-26-20(27-30-21)15-6-4-8-17(24)12-15)19(14-5-3-7-16(23)11-14)25-22(31)28(13)9-10-29-2/h3-8,11-12,19H,9-10H2,1-2H3,(H,25,31). The van der Waals surface area contributed by atoms with Crippen molar-refractivity contribution in [2.75, 3.05) is 20.3 Å². The number of hydrogen-bond donors (Lipinski definition) is 1. The van der Waals surface area contributed by atoms with Crippen molar-refractivity contribution in [3.05, 3.63) is 76.5 Å². The summed E-state index contributed by atoms with van der Waals surface area (Å²) in [6.07, 6.45) is 0. The molecule has 9 heteroatoms. The fourth-order valence-corrected chi connectivity index (χ4v) is 4.07. The molecule has 3 aromatic rings. The molecular weight excluding hydrogens is 439 g/mol. The molecule has 1 aromatic heterocycles. The molecule has 6 nitrogen and oxygen atoms in total. The number of benzene rings is 2. The molecule has 1 atom stereocenters. The number of hydrogen-bond acceptors (Lipinski definition) is 5. The van der Waals surface area contributed by atoms with Gasteiger partial charge in [0.1, 0.15) is 5.82 Å². The molecule has 1 aliphatic heterocycles. The topological polar surface area (TPSA) is 63.4 Å². The Labute approximate surface area is 189 Å². The Morgan fingerprint density at radius 1 is 1.26 bits per heavy atom. The number of aromatic nitrogens is 2. The van der Waals surface area contributed by atoms with E-state index >= 15 is 0 Å². The lowest BCUT2D eigenvalue weighted by Gasteiger charge is -2.37. The van der Waals surface area contributed by atoms with Crippen molar-refractivity contribution >= 4 is 34.5 Å². The second-order valence-electron chi connectivity index (χ2n) is 7.01. The summed E-state index contributed by atoms with van der Waals surface area (Å²) in [6.45, 7) is 3.00. The van der Waals surface area contributed by atoms with Crippen molar-refractivity contribution in [3.63, 3.8) is 0 Å². The first-order chi connectivity index (χ1) is 15.0. The van der Waals surface area contributed by atoms with Gasteiger partial charge in [0.25, 0.3) is 5.89 Å². The van der Waals surface area contributed by atoms with Gasteiger partial charge in [-0.25, -0.2) is 4.39 Å². The zero-order valence-electron chi connectivity index (χ0n) is 16.9. The van der Waals surface area contributed by atoms with E-state index in [0.717, 1.165) is 16.8 Å². The maximum absolute atomic E-state index is 13.7. The van der Waals surface area contributed by atoms with Gasteiger partial charge >= 0.3 is 0 Å². The van der Waals surface area contributed by atoms with Crippen LogP contribution in [0.1, 0.15) is 24.4 Å². The lowest BCUT2D eigenvalue weighted by molar-refractivity contribution is 0.183. The molecule has 0 saturated carbocycles. The summed E-state index contributed by atoms with van der Waals surface area (Å²) in [6, 6.07) is 13.2. The number of allylic oxidation sites excluding steroid dienone is 1. The Hall–Kier alpha value is -2.81. The van der Waals surface area contributed by atoms with E-state index in [1.54, 1.807) is 19.2 Å². The van der Waals surface area contributed by atoms with Crippen LogP contribution < -0.4 is 5.32 Å². The molecular formula is C22H20ClFN4O2S. The number of nitrogens with zero attached hydrogens (tertiary/aromatic N) is 3. The minimum atomic E-state index is -0.369. The monoisotopic (exact) mass is 458 g/mol. The van der Waals surface area contributed by atoms with E-state index in [2.05, 4.69) is 15.5 Å². The van der Waals surface area contributed by atoms with Crippen LogP contribution in [0.4, 0.5) is 4.39 Å². The largest absolute Gasteiger partial charge is 0.383 e. The Morgan fingerprint density at radius 3 is 2.81 bits per heavy atom. The van der Waals surface area contributed by atoms with Crippen molar-refractivity contribution in [2.24, 2.45) is 0 Å². The summed E-state index contributed by atoms with van der Waals surface area (Å²) in [5.41, 5.74) is 3.06. The van der Waals surface area contributed by atoms with Crippen molar-refractivity contribution < 1.29 is 13.7 Å². The average Bonchev–Trinajstić information content (AvgIpc) is 3.23. The van der Waals surface area contributed by atoms with Gasteiger partial charge in [-0.1, -0.05) is 41.0 Å². The molecule has 0 spiro atoms. The number of thiocarbonyl (C=S) groups is 1. The summed E-state index contributed by atoms with van der Waals surface area (Å²) < 4.78 is 24.5. The van der Waals surface area contributed by atoms with E-state index in [0.29, 0.717) is 40.6 Å². The fourth-order valence-electron chi connectivity index (χ4n) is 3.52. The number of methoxy groups -OCH3 is 1. The lowest BCUT2D eigenvalue weighted by Crippen LogP contribution is -2.47. The SMILES string of the molecule is COCCN1C(=S)NC(c2cccc(Cl)c2)C(c2nc(-c3cccc(F)c3)no2)=C1C. The molecule has 160 valence electrons. The lowest BCUT2D eigenvalue weighted by atomic mass is 9.95. The summed E-state index contributed by atoms with van der Waals surface area (Å²) in [5, 5.41) is 8.60. The first kappa shape index (κ1) is 21.4. The zero-order chi connectivity index (χ0) is 22.0. The Kier molecular flexibility index (Phi) is 6.31. The summed E-state index contributed by atoms with van der Waals surface area (Å²) in [4.78, 5) is 6.49. The van der Waals surface area contributed by atoms with Crippen LogP contribution >= 0.6 is 23.8 Å². The van der Waals surface area contributed by atoms with E-state index in [1.165, 1.54) is 12.1 Å². The summed E-state index contributed by atoms with van der Waals surface area (Å²) >= 11 is 11.8. The molecule has 0 saturated heterocycles. The number of rotatable bonds is 6. The van der Waals surface area contributed by atoms with Crippen LogP contribution in [0.15, 0.2) is 58.8 Å². The van der Waals surface area contributed by atoms with E-state index in [1.807, 2.05) is 36.1 Å². The molecule has 2 heterocycles. The predicted octanol–water partition coefficient (Wildman–Crippen LogP) is 4.84. The number of nitrogens with one attached hydrogen (secondary N) is 1. The second kappa shape index (κ2) is 9.13. The molecule has 1 N–H and O–H groups in total. The van der Waals surface area contributed by atoms with E-state index in [4.69, 9.17) is 33.1 Å². The third kappa shape index (κ3) is 4.46. The van der Waals surface area contributed by atoms with Gasteiger partial charge in [-0.05, 0) is 49.0 Å². The molecule has 0 radical (unpaired) electrons. The van der Waals surface area contributed by atoms with Gasteiger partial charge in [-0.15, -0.1) is 0 Å². The summed E-state index contributed by atoms with van der Waals surface area (Å²) in [7, 11) is 1.64. The predicted molar refractivity (Wildman–Crippen MR) is 121 cm³/mol. The molecule has 1 aliphatic rings. The Bertz CT molecular complexity index is 1150. The van der Waals surface area contributed by atoms with Crippen molar-refractivity contribution in [1.82, 2.24) is 20.4 Å². The highest BCUT2D eigenvalue weighted by Gasteiger charge is 2.34. The molecule has 31 heavy (non-hydrogen) atoms. The van der Waals surface area contributed by atoms with Crippen molar-refractivity contribution in [2.45, 2.75) is 13.0 Å². The van der Waals surface area contributed by atoms with Crippen LogP contribution in [-0.4, -0.2) is 40.4 Å². The second-order valence-corrected chi connectivity index (χ2v) is 7.84. The molecule has 4 rings (SSSR count). The van der Waals surface area contributed by atoms with Gasteiger partial charge in [0.05, 0.1) is 18.2 Å². The first-order valence-electron chi connectivity index (χ1n) is 9.61. The highest BCUT2D eigenvalue weighted by molar-refractivity contribution is 7.80. The van der Waals surface area contributed by atoms with Crippen LogP contribution in [0, 0.1) is 5.82 Å². The van der Waals surface area contributed by atoms with Crippen LogP contribution in [0.25, 0.3) is 17.0 Å². The maximum Gasteiger partial charge on any atom is 0.258 e. The highest BCUT2D eigenvalue weighted by Crippen LogP contribution is 2.37. The molecule has 0 amide bonds. The number of ether oxygens (including phenoxy) is 1. The molecule has 0 bridgehead atoms. The van der Waals surface area contributed by atoms with Crippen molar-refractivity contribution in [3.8, 4) is 11.4 Å². The molecule has 0 fully saturated rings.